The van der Waals surface area contributed by atoms with Crippen LogP contribution in [0.4, 0.5) is 5.69 Å². The van der Waals surface area contributed by atoms with Gasteiger partial charge in [0.1, 0.15) is 5.75 Å². The molecule has 4 aromatic rings. The Morgan fingerprint density at radius 2 is 1.81 bits per heavy atom. The fourth-order valence-electron chi connectivity index (χ4n) is 5.08. The molecule has 0 bridgehead atoms. The number of hydrogen-bond acceptors (Lipinski definition) is 4. The van der Waals surface area contributed by atoms with Crippen molar-refractivity contribution >= 4 is 17.7 Å². The normalized spacial score (nSPS) is 17.2. The summed E-state index contributed by atoms with van der Waals surface area (Å²) in [5.41, 5.74) is 8.01. The van der Waals surface area contributed by atoms with Crippen molar-refractivity contribution in [3.05, 3.63) is 107 Å². The van der Waals surface area contributed by atoms with Crippen molar-refractivity contribution in [2.75, 3.05) is 12.0 Å². The molecule has 0 aliphatic carbocycles. The maximum absolute atomic E-state index is 10.9. The van der Waals surface area contributed by atoms with Gasteiger partial charge in [0.25, 0.3) is 0 Å². The Labute approximate surface area is 211 Å². The van der Waals surface area contributed by atoms with Gasteiger partial charge in [-0.3, -0.25) is 4.68 Å². The number of fused-ring (bicyclic) bond motifs is 1. The number of hydrogen-bond donors (Lipinski definition) is 1. The monoisotopic (exact) mass is 479 g/mol. The second kappa shape index (κ2) is 9.74. The van der Waals surface area contributed by atoms with Gasteiger partial charge in [-0.15, -0.1) is 0 Å². The lowest BCUT2D eigenvalue weighted by molar-refractivity contribution is -0.131. The molecular weight excluding hydrogens is 450 g/mol. The van der Waals surface area contributed by atoms with Gasteiger partial charge in [-0.05, 0) is 71.5 Å². The molecule has 1 N–H and O–H groups in total. The van der Waals surface area contributed by atoms with E-state index < -0.39 is 5.97 Å². The number of carbonyl (C=O) groups is 1. The van der Waals surface area contributed by atoms with Crippen molar-refractivity contribution < 1.29 is 14.6 Å². The third-order valence-corrected chi connectivity index (χ3v) is 6.79. The molecule has 2 heterocycles. The molecule has 1 aliphatic rings. The summed E-state index contributed by atoms with van der Waals surface area (Å²) in [6.07, 6.45) is 7.64. The second-order valence-corrected chi connectivity index (χ2v) is 9.22. The number of aromatic nitrogens is 2. The summed E-state index contributed by atoms with van der Waals surface area (Å²) >= 11 is 0. The van der Waals surface area contributed by atoms with Crippen LogP contribution >= 0.6 is 0 Å². The van der Waals surface area contributed by atoms with Crippen LogP contribution in [0.1, 0.15) is 35.2 Å². The summed E-state index contributed by atoms with van der Waals surface area (Å²) in [4.78, 5) is 13.4. The molecule has 0 saturated carbocycles. The Balaban J connectivity index is 1.60. The lowest BCUT2D eigenvalue weighted by atomic mass is 9.83. The number of ether oxygens (including phenoxy) is 1. The molecule has 3 aromatic carbocycles. The van der Waals surface area contributed by atoms with Crippen LogP contribution in [0.2, 0.25) is 0 Å². The SMILES string of the molecule is COc1ccc(N2[C@H](c3ccc(/C=C/C(=O)O)cc3)c3ccc(-c4cnn(C)c4)cc3C[C@@H]2C)cc1. The van der Waals surface area contributed by atoms with Crippen LogP contribution in [0.25, 0.3) is 17.2 Å². The molecule has 5 rings (SSSR count). The fraction of sp³-hybridized carbons (Fsp3) is 0.200. The van der Waals surface area contributed by atoms with Gasteiger partial charge >= 0.3 is 5.97 Å². The van der Waals surface area contributed by atoms with Crippen LogP contribution in [0, 0.1) is 0 Å². The average Bonchev–Trinajstić information content (AvgIpc) is 3.33. The summed E-state index contributed by atoms with van der Waals surface area (Å²) in [6, 6.07) is 23.3. The van der Waals surface area contributed by atoms with E-state index in [0.717, 1.165) is 40.6 Å². The van der Waals surface area contributed by atoms with Crippen LogP contribution in [0.3, 0.4) is 0 Å². The predicted molar refractivity (Wildman–Crippen MR) is 142 cm³/mol. The van der Waals surface area contributed by atoms with Gasteiger partial charge in [0.2, 0.25) is 0 Å². The number of methoxy groups -OCH3 is 1. The number of aryl methyl sites for hydroxylation is 1. The predicted octanol–water partition coefficient (Wildman–Crippen LogP) is 5.73. The van der Waals surface area contributed by atoms with E-state index in [1.54, 1.807) is 13.2 Å². The van der Waals surface area contributed by atoms with E-state index in [9.17, 15) is 4.79 Å². The van der Waals surface area contributed by atoms with Gasteiger partial charge in [-0.1, -0.05) is 42.5 Å². The van der Waals surface area contributed by atoms with Gasteiger partial charge in [-0.25, -0.2) is 4.79 Å². The third kappa shape index (κ3) is 4.62. The zero-order chi connectivity index (χ0) is 25.2. The Hall–Kier alpha value is -4.32. The number of rotatable bonds is 6. The molecule has 0 radical (unpaired) electrons. The van der Waals surface area contributed by atoms with Crippen molar-refractivity contribution in [2.45, 2.75) is 25.4 Å². The van der Waals surface area contributed by atoms with E-state index in [-0.39, 0.29) is 12.1 Å². The van der Waals surface area contributed by atoms with E-state index in [1.807, 2.05) is 48.4 Å². The van der Waals surface area contributed by atoms with Crippen molar-refractivity contribution in [2.24, 2.45) is 7.05 Å². The van der Waals surface area contributed by atoms with Crippen LogP contribution in [0.5, 0.6) is 5.75 Å². The first-order valence-corrected chi connectivity index (χ1v) is 12.0. The highest BCUT2D eigenvalue weighted by Gasteiger charge is 2.33. The zero-order valence-electron chi connectivity index (χ0n) is 20.6. The van der Waals surface area contributed by atoms with Crippen molar-refractivity contribution in [1.82, 2.24) is 9.78 Å². The van der Waals surface area contributed by atoms with Crippen molar-refractivity contribution in [3.8, 4) is 16.9 Å². The number of anilines is 1. The quantitative estimate of drug-likeness (QED) is 0.358. The molecule has 6 nitrogen and oxygen atoms in total. The van der Waals surface area contributed by atoms with E-state index in [4.69, 9.17) is 9.84 Å². The minimum absolute atomic E-state index is 0.0117. The number of benzene rings is 3. The van der Waals surface area contributed by atoms with Gasteiger partial charge in [0, 0.05) is 36.6 Å². The Bertz CT molecular complexity index is 1400. The molecule has 36 heavy (non-hydrogen) atoms. The third-order valence-electron chi connectivity index (χ3n) is 6.79. The van der Waals surface area contributed by atoms with Crippen LogP contribution in [-0.2, 0) is 18.3 Å². The minimum Gasteiger partial charge on any atom is -0.497 e. The molecule has 0 spiro atoms. The molecule has 6 heteroatoms. The van der Waals surface area contributed by atoms with Crippen LogP contribution in [0.15, 0.2) is 85.2 Å². The van der Waals surface area contributed by atoms with Gasteiger partial charge < -0.3 is 14.7 Å². The summed E-state index contributed by atoms with van der Waals surface area (Å²) in [7, 11) is 3.61. The van der Waals surface area contributed by atoms with Crippen LogP contribution in [-0.4, -0.2) is 34.0 Å². The number of nitrogens with zero attached hydrogens (tertiary/aromatic N) is 3. The number of carboxylic acids is 1. The largest absolute Gasteiger partial charge is 0.497 e. The summed E-state index contributed by atoms with van der Waals surface area (Å²) in [5.74, 6) is -0.125. The number of carboxylic acid groups (broad SMARTS) is 1. The molecule has 1 aromatic heterocycles. The van der Waals surface area contributed by atoms with E-state index >= 15 is 0 Å². The molecule has 182 valence electrons. The molecule has 2 atom stereocenters. The first-order chi connectivity index (χ1) is 17.4. The molecule has 0 amide bonds. The zero-order valence-corrected chi connectivity index (χ0v) is 20.6. The Morgan fingerprint density at radius 1 is 1.06 bits per heavy atom. The van der Waals surface area contributed by atoms with Crippen molar-refractivity contribution in [3.63, 3.8) is 0 Å². The Morgan fingerprint density at radius 3 is 2.44 bits per heavy atom. The molecule has 0 saturated heterocycles. The van der Waals surface area contributed by atoms with Crippen molar-refractivity contribution in [1.29, 1.82) is 0 Å². The summed E-state index contributed by atoms with van der Waals surface area (Å²) < 4.78 is 7.21. The highest BCUT2D eigenvalue weighted by Crippen LogP contribution is 2.42. The van der Waals surface area contributed by atoms with E-state index in [2.05, 4.69) is 59.4 Å². The smallest absolute Gasteiger partial charge is 0.328 e. The van der Waals surface area contributed by atoms with Gasteiger partial charge in [-0.2, -0.15) is 5.10 Å². The van der Waals surface area contributed by atoms with E-state index in [0.29, 0.717) is 0 Å². The van der Waals surface area contributed by atoms with Crippen LogP contribution < -0.4 is 9.64 Å². The summed E-state index contributed by atoms with van der Waals surface area (Å²) in [6.45, 7) is 2.26. The number of aliphatic carboxylic acids is 1. The standard InChI is InChI=1S/C30H29N3O3/c1-20-16-24-17-23(25-18-31-32(2)19-25)9-14-28(24)30(33(20)26-10-12-27(36-3)13-11-26)22-7-4-21(5-8-22)6-15-29(34)35/h4-15,17-20,30H,16H2,1-3H3,(H,34,35)/b15-6+/t20-,30+/m0/s1. The molecule has 1 aliphatic heterocycles. The highest BCUT2D eigenvalue weighted by atomic mass is 16.5. The molecule has 0 unspecified atom stereocenters. The fourth-order valence-corrected chi connectivity index (χ4v) is 5.08. The second-order valence-electron chi connectivity index (χ2n) is 9.22. The van der Waals surface area contributed by atoms with Gasteiger partial charge in [0.15, 0.2) is 0 Å². The highest BCUT2D eigenvalue weighted by molar-refractivity contribution is 5.85. The Kier molecular flexibility index (Phi) is 6.34. The minimum atomic E-state index is -0.954. The maximum Gasteiger partial charge on any atom is 0.328 e. The van der Waals surface area contributed by atoms with E-state index in [1.165, 1.54) is 16.7 Å². The average molecular weight is 480 g/mol. The molecular formula is C30H29N3O3. The summed E-state index contributed by atoms with van der Waals surface area (Å²) in [5, 5.41) is 13.3. The maximum atomic E-state index is 10.9. The molecule has 0 fully saturated rings. The first-order valence-electron chi connectivity index (χ1n) is 12.0. The lowest BCUT2D eigenvalue weighted by Gasteiger charge is -2.44. The first kappa shape index (κ1) is 23.4. The topological polar surface area (TPSA) is 67.6 Å². The lowest BCUT2D eigenvalue weighted by Crippen LogP contribution is -2.42. The van der Waals surface area contributed by atoms with Gasteiger partial charge in [0.05, 0.1) is 19.3 Å².